The Morgan fingerprint density at radius 1 is 1.28 bits per heavy atom. The van der Waals surface area contributed by atoms with Gasteiger partial charge in [-0.15, -0.1) is 0 Å². The van der Waals surface area contributed by atoms with Crippen LogP contribution in [0.2, 0.25) is 0 Å². The van der Waals surface area contributed by atoms with Gasteiger partial charge < -0.3 is 14.6 Å². The lowest BCUT2D eigenvalue weighted by Crippen LogP contribution is -2.59. The number of benzene rings is 1. The quantitative estimate of drug-likeness (QED) is 0.821. The number of carbonyl (C=O) groups is 3. The number of esters is 1. The van der Waals surface area contributed by atoms with Crippen LogP contribution in [0.4, 0.5) is 4.79 Å². The van der Waals surface area contributed by atoms with Crippen molar-refractivity contribution in [2.24, 2.45) is 5.41 Å². The maximum absolute atomic E-state index is 12.2. The number of nitrogens with zero attached hydrogens (tertiary/aromatic N) is 1. The number of hydrogen-bond donors (Lipinski definition) is 1. The number of carbonyl (C=O) groups excluding carboxylic acids is 2. The zero-order valence-electron chi connectivity index (χ0n) is 14.8. The van der Waals surface area contributed by atoms with Crippen LogP contribution in [-0.2, 0) is 25.5 Å². The Labute approximate surface area is 146 Å². The Bertz CT molecular complexity index is 666. The predicted molar refractivity (Wildman–Crippen MR) is 88.7 cm³/mol. The lowest BCUT2D eigenvalue weighted by Gasteiger charge is -2.34. The van der Waals surface area contributed by atoms with Gasteiger partial charge >= 0.3 is 18.0 Å². The van der Waals surface area contributed by atoms with E-state index in [1.54, 1.807) is 45.0 Å². The fraction of sp³-hybridized carbons (Fsp3) is 0.500. The summed E-state index contributed by atoms with van der Waals surface area (Å²) < 4.78 is 10.3. The van der Waals surface area contributed by atoms with Gasteiger partial charge in [-0.25, -0.2) is 9.59 Å². The molecule has 2 rings (SSSR count). The van der Waals surface area contributed by atoms with E-state index in [4.69, 9.17) is 9.47 Å². The summed E-state index contributed by atoms with van der Waals surface area (Å²) in [7, 11) is 0. The minimum absolute atomic E-state index is 0.0448. The maximum Gasteiger partial charge on any atom is 0.413 e. The summed E-state index contributed by atoms with van der Waals surface area (Å²) in [5.41, 5.74) is -1.67. The van der Waals surface area contributed by atoms with Crippen molar-refractivity contribution >= 4 is 18.0 Å². The van der Waals surface area contributed by atoms with Crippen LogP contribution in [0.1, 0.15) is 33.3 Å². The SMILES string of the molecule is C[C@@H]1OC(=O)N(COC(=O)C(C)(C)C)[C@]1(Cc1ccccc1)C(=O)O. The molecule has 136 valence electrons. The molecule has 0 radical (unpaired) electrons. The van der Waals surface area contributed by atoms with E-state index in [1.807, 2.05) is 6.07 Å². The van der Waals surface area contributed by atoms with Gasteiger partial charge in [0.25, 0.3) is 0 Å². The minimum atomic E-state index is -1.64. The highest BCUT2D eigenvalue weighted by Gasteiger charge is 2.59. The summed E-state index contributed by atoms with van der Waals surface area (Å²) in [6, 6.07) is 8.95. The molecule has 0 aromatic heterocycles. The molecule has 1 aliphatic rings. The molecular weight excluding hydrogens is 326 g/mol. The first-order chi connectivity index (χ1) is 11.6. The van der Waals surface area contributed by atoms with Crippen molar-refractivity contribution < 1.29 is 29.0 Å². The largest absolute Gasteiger partial charge is 0.479 e. The average Bonchev–Trinajstić information content (AvgIpc) is 2.76. The Morgan fingerprint density at radius 2 is 1.88 bits per heavy atom. The standard InChI is InChI=1S/C18H23NO6/c1-12-18(14(20)21,10-13-8-6-5-7-9-13)19(16(23)25-12)11-24-15(22)17(2,3)4/h5-9,12H,10-11H2,1-4H3,(H,20,21)/t12-,18-/m0/s1. The minimum Gasteiger partial charge on any atom is -0.479 e. The molecule has 1 aromatic carbocycles. The molecule has 7 heteroatoms. The Kier molecular flexibility index (Phi) is 5.06. The Balaban J connectivity index is 2.32. The van der Waals surface area contributed by atoms with Crippen LogP contribution in [0, 0.1) is 5.41 Å². The summed E-state index contributed by atoms with van der Waals surface area (Å²) in [6.45, 7) is 6.08. The van der Waals surface area contributed by atoms with Crippen LogP contribution in [-0.4, -0.2) is 46.4 Å². The van der Waals surface area contributed by atoms with Crippen molar-refractivity contribution in [3.8, 4) is 0 Å². The zero-order chi connectivity index (χ0) is 18.8. The number of cyclic esters (lactones) is 1. The number of carboxylic acid groups (broad SMARTS) is 1. The van der Waals surface area contributed by atoms with Crippen LogP contribution in [0.25, 0.3) is 0 Å². The molecule has 0 saturated carbocycles. The van der Waals surface area contributed by atoms with E-state index in [1.165, 1.54) is 6.92 Å². The Hall–Kier alpha value is -2.57. The summed E-state index contributed by atoms with van der Waals surface area (Å²) in [4.78, 5) is 37.3. The van der Waals surface area contributed by atoms with E-state index >= 15 is 0 Å². The van der Waals surface area contributed by atoms with Gasteiger partial charge in [0.1, 0.15) is 6.10 Å². The number of rotatable bonds is 5. The predicted octanol–water partition coefficient (Wildman–Crippen LogP) is 2.44. The second-order valence-corrected chi connectivity index (χ2v) is 7.16. The van der Waals surface area contributed by atoms with Crippen molar-refractivity contribution in [3.63, 3.8) is 0 Å². The van der Waals surface area contributed by atoms with Crippen LogP contribution in [0.5, 0.6) is 0 Å². The fourth-order valence-corrected chi connectivity index (χ4v) is 2.71. The van der Waals surface area contributed by atoms with E-state index < -0.39 is 41.8 Å². The second kappa shape index (κ2) is 6.74. The average molecular weight is 349 g/mol. The van der Waals surface area contributed by atoms with Crippen LogP contribution in [0.3, 0.4) is 0 Å². The number of amides is 1. The molecule has 1 aromatic rings. The third-order valence-corrected chi connectivity index (χ3v) is 4.28. The highest BCUT2D eigenvalue weighted by Crippen LogP contribution is 2.34. The number of ether oxygens (including phenoxy) is 2. The molecule has 1 amide bonds. The van der Waals surface area contributed by atoms with E-state index in [9.17, 15) is 19.5 Å². The molecule has 7 nitrogen and oxygen atoms in total. The van der Waals surface area contributed by atoms with Crippen molar-refractivity contribution in [2.75, 3.05) is 6.73 Å². The smallest absolute Gasteiger partial charge is 0.413 e. The summed E-state index contributed by atoms with van der Waals surface area (Å²) >= 11 is 0. The summed E-state index contributed by atoms with van der Waals surface area (Å²) in [5.74, 6) is -1.74. The number of aliphatic carboxylic acids is 1. The summed E-state index contributed by atoms with van der Waals surface area (Å²) in [5, 5.41) is 9.89. The first kappa shape index (κ1) is 18.8. The van der Waals surface area contributed by atoms with Crippen LogP contribution >= 0.6 is 0 Å². The van der Waals surface area contributed by atoms with Crippen molar-refractivity contribution in [1.29, 1.82) is 0 Å². The molecule has 1 heterocycles. The zero-order valence-corrected chi connectivity index (χ0v) is 14.8. The fourth-order valence-electron chi connectivity index (χ4n) is 2.71. The number of carboxylic acids is 1. The van der Waals surface area contributed by atoms with Crippen molar-refractivity contribution in [2.45, 2.75) is 45.8 Å². The first-order valence-corrected chi connectivity index (χ1v) is 8.02. The van der Waals surface area contributed by atoms with Gasteiger partial charge in [0.05, 0.1) is 5.41 Å². The van der Waals surface area contributed by atoms with E-state index in [0.29, 0.717) is 0 Å². The van der Waals surface area contributed by atoms with Gasteiger partial charge in [0.2, 0.25) is 0 Å². The monoisotopic (exact) mass is 349 g/mol. The molecule has 0 bridgehead atoms. The molecule has 1 aliphatic heterocycles. The highest BCUT2D eigenvalue weighted by atomic mass is 16.6. The van der Waals surface area contributed by atoms with Gasteiger partial charge in [-0.1, -0.05) is 30.3 Å². The molecule has 1 N–H and O–H groups in total. The maximum atomic E-state index is 12.2. The van der Waals surface area contributed by atoms with E-state index in [0.717, 1.165) is 10.5 Å². The van der Waals surface area contributed by atoms with Crippen molar-refractivity contribution in [1.82, 2.24) is 4.90 Å². The third kappa shape index (κ3) is 3.60. The third-order valence-electron chi connectivity index (χ3n) is 4.28. The Morgan fingerprint density at radius 3 is 2.40 bits per heavy atom. The van der Waals surface area contributed by atoms with Gasteiger partial charge in [0, 0.05) is 6.42 Å². The lowest BCUT2D eigenvalue weighted by molar-refractivity contribution is -0.164. The summed E-state index contributed by atoms with van der Waals surface area (Å²) in [6.07, 6.45) is -1.66. The van der Waals surface area contributed by atoms with Gasteiger partial charge in [-0.2, -0.15) is 0 Å². The molecule has 25 heavy (non-hydrogen) atoms. The number of hydrogen-bond acceptors (Lipinski definition) is 5. The van der Waals surface area contributed by atoms with Gasteiger partial charge in [-0.05, 0) is 33.3 Å². The van der Waals surface area contributed by atoms with Crippen molar-refractivity contribution in [3.05, 3.63) is 35.9 Å². The highest BCUT2D eigenvalue weighted by molar-refractivity contribution is 5.88. The van der Waals surface area contributed by atoms with Crippen LogP contribution < -0.4 is 0 Å². The first-order valence-electron chi connectivity index (χ1n) is 8.02. The van der Waals surface area contributed by atoms with E-state index in [-0.39, 0.29) is 6.42 Å². The molecule has 1 saturated heterocycles. The van der Waals surface area contributed by atoms with Crippen LogP contribution in [0.15, 0.2) is 30.3 Å². The molecular formula is C18H23NO6. The van der Waals surface area contributed by atoms with Gasteiger partial charge in [-0.3, -0.25) is 9.69 Å². The lowest BCUT2D eigenvalue weighted by atomic mass is 9.85. The molecule has 0 spiro atoms. The topological polar surface area (TPSA) is 93.1 Å². The van der Waals surface area contributed by atoms with E-state index in [2.05, 4.69) is 0 Å². The molecule has 0 unspecified atom stereocenters. The van der Waals surface area contributed by atoms with Gasteiger partial charge in [0.15, 0.2) is 12.3 Å². The normalized spacial score (nSPS) is 23.3. The molecule has 0 aliphatic carbocycles. The molecule has 2 atom stereocenters. The molecule has 1 fully saturated rings. The second-order valence-electron chi connectivity index (χ2n) is 7.16.